The summed E-state index contributed by atoms with van der Waals surface area (Å²) in [6.07, 6.45) is 1.62. The zero-order chi connectivity index (χ0) is 15.5. The second kappa shape index (κ2) is 6.19. The topological polar surface area (TPSA) is 60.1 Å². The largest absolute Gasteiger partial charge is 0.463 e. The maximum atomic E-state index is 12.2. The fourth-order valence-electron chi connectivity index (χ4n) is 2.18. The standard InChI is InChI=1S/C16H14BrN3O2/c1-20-14(15-7-4-8-22-15)9-11(19-20)10-18-16(21)12-5-2-3-6-13(12)17/h2-9H,10H2,1H3,(H,18,21). The van der Waals surface area contributed by atoms with Crippen LogP contribution >= 0.6 is 15.9 Å². The first kappa shape index (κ1) is 14.6. The lowest BCUT2D eigenvalue weighted by molar-refractivity contribution is 0.0949. The lowest BCUT2D eigenvalue weighted by Crippen LogP contribution is -2.23. The predicted octanol–water partition coefficient (Wildman–Crippen LogP) is 3.37. The van der Waals surface area contributed by atoms with Crippen molar-refractivity contribution in [2.75, 3.05) is 0 Å². The van der Waals surface area contributed by atoms with E-state index in [4.69, 9.17) is 4.42 Å². The molecule has 2 aromatic heterocycles. The number of aromatic nitrogens is 2. The average molecular weight is 360 g/mol. The van der Waals surface area contributed by atoms with Crippen molar-refractivity contribution in [2.45, 2.75) is 6.54 Å². The molecule has 1 aromatic carbocycles. The van der Waals surface area contributed by atoms with Crippen molar-refractivity contribution in [1.82, 2.24) is 15.1 Å². The van der Waals surface area contributed by atoms with Crippen molar-refractivity contribution in [2.24, 2.45) is 7.05 Å². The zero-order valence-corrected chi connectivity index (χ0v) is 13.5. The van der Waals surface area contributed by atoms with E-state index >= 15 is 0 Å². The Bertz CT molecular complexity index is 794. The van der Waals surface area contributed by atoms with Gasteiger partial charge in [0.05, 0.1) is 24.1 Å². The molecular formula is C16H14BrN3O2. The molecule has 0 saturated heterocycles. The molecule has 0 bridgehead atoms. The van der Waals surface area contributed by atoms with Crippen LogP contribution in [0.25, 0.3) is 11.5 Å². The Balaban J connectivity index is 1.71. The van der Waals surface area contributed by atoms with Crippen molar-refractivity contribution in [3.63, 3.8) is 0 Å². The number of benzene rings is 1. The number of aryl methyl sites for hydroxylation is 1. The van der Waals surface area contributed by atoms with Crippen molar-refractivity contribution in [3.05, 3.63) is 64.5 Å². The molecule has 22 heavy (non-hydrogen) atoms. The summed E-state index contributed by atoms with van der Waals surface area (Å²) < 4.78 is 7.87. The van der Waals surface area contributed by atoms with E-state index in [1.54, 1.807) is 17.0 Å². The highest BCUT2D eigenvalue weighted by Crippen LogP contribution is 2.20. The number of carbonyl (C=O) groups is 1. The van der Waals surface area contributed by atoms with Gasteiger partial charge < -0.3 is 9.73 Å². The second-order valence-corrected chi connectivity index (χ2v) is 5.64. The highest BCUT2D eigenvalue weighted by Gasteiger charge is 2.12. The fraction of sp³-hybridized carbons (Fsp3) is 0.125. The van der Waals surface area contributed by atoms with Gasteiger partial charge in [-0.2, -0.15) is 5.10 Å². The average Bonchev–Trinajstić information content (AvgIpc) is 3.14. The monoisotopic (exact) mass is 359 g/mol. The van der Waals surface area contributed by atoms with E-state index in [1.165, 1.54) is 0 Å². The van der Waals surface area contributed by atoms with Gasteiger partial charge in [-0.25, -0.2) is 0 Å². The summed E-state index contributed by atoms with van der Waals surface area (Å²) in [5.41, 5.74) is 2.24. The minimum absolute atomic E-state index is 0.141. The van der Waals surface area contributed by atoms with Gasteiger partial charge in [0.25, 0.3) is 5.91 Å². The molecule has 1 amide bonds. The van der Waals surface area contributed by atoms with Crippen LogP contribution in [0.4, 0.5) is 0 Å². The van der Waals surface area contributed by atoms with E-state index < -0.39 is 0 Å². The van der Waals surface area contributed by atoms with Gasteiger partial charge in [-0.05, 0) is 46.3 Å². The molecule has 3 aromatic rings. The van der Waals surface area contributed by atoms with E-state index in [1.807, 2.05) is 43.4 Å². The maximum Gasteiger partial charge on any atom is 0.252 e. The third-order valence-electron chi connectivity index (χ3n) is 3.25. The van der Waals surface area contributed by atoms with Gasteiger partial charge in [-0.3, -0.25) is 9.48 Å². The Morgan fingerprint density at radius 1 is 1.32 bits per heavy atom. The number of furan rings is 1. The molecule has 0 spiro atoms. The number of hydrogen-bond acceptors (Lipinski definition) is 3. The Labute approximate surface area is 136 Å². The van der Waals surface area contributed by atoms with E-state index in [0.29, 0.717) is 12.1 Å². The number of halogens is 1. The highest BCUT2D eigenvalue weighted by molar-refractivity contribution is 9.10. The van der Waals surface area contributed by atoms with Gasteiger partial charge in [0.15, 0.2) is 5.76 Å². The molecule has 2 heterocycles. The molecule has 0 saturated carbocycles. The Morgan fingerprint density at radius 2 is 2.14 bits per heavy atom. The second-order valence-electron chi connectivity index (χ2n) is 4.78. The Kier molecular flexibility index (Phi) is 4.11. The third kappa shape index (κ3) is 2.96. The van der Waals surface area contributed by atoms with Gasteiger partial charge in [-0.15, -0.1) is 0 Å². The number of hydrogen-bond donors (Lipinski definition) is 1. The summed E-state index contributed by atoms with van der Waals surface area (Å²) in [7, 11) is 1.84. The fourth-order valence-corrected chi connectivity index (χ4v) is 2.64. The van der Waals surface area contributed by atoms with Crippen LogP contribution in [0.3, 0.4) is 0 Å². The van der Waals surface area contributed by atoms with Crippen LogP contribution in [0.1, 0.15) is 16.1 Å². The highest BCUT2D eigenvalue weighted by atomic mass is 79.9. The molecule has 5 nitrogen and oxygen atoms in total. The van der Waals surface area contributed by atoms with Gasteiger partial charge in [0.1, 0.15) is 5.69 Å². The van der Waals surface area contributed by atoms with Crippen LogP contribution in [-0.4, -0.2) is 15.7 Å². The number of nitrogens with zero attached hydrogens (tertiary/aromatic N) is 2. The molecule has 0 unspecified atom stereocenters. The van der Waals surface area contributed by atoms with Gasteiger partial charge in [0, 0.05) is 11.5 Å². The van der Waals surface area contributed by atoms with Crippen LogP contribution in [-0.2, 0) is 13.6 Å². The summed E-state index contributed by atoms with van der Waals surface area (Å²) in [6, 6.07) is 12.9. The molecule has 0 radical (unpaired) electrons. The summed E-state index contributed by atoms with van der Waals surface area (Å²) in [4.78, 5) is 12.2. The smallest absolute Gasteiger partial charge is 0.252 e. The van der Waals surface area contributed by atoms with Crippen LogP contribution in [0.2, 0.25) is 0 Å². The molecule has 112 valence electrons. The Hall–Kier alpha value is -2.34. The zero-order valence-electron chi connectivity index (χ0n) is 11.9. The molecule has 0 aliphatic carbocycles. The van der Waals surface area contributed by atoms with Crippen LogP contribution in [0.15, 0.2) is 57.6 Å². The SMILES string of the molecule is Cn1nc(CNC(=O)c2ccccc2Br)cc1-c1ccco1. The van der Waals surface area contributed by atoms with Crippen LogP contribution in [0, 0.1) is 0 Å². The summed E-state index contributed by atoms with van der Waals surface area (Å²) in [6.45, 7) is 0.356. The number of nitrogens with one attached hydrogen (secondary N) is 1. The quantitative estimate of drug-likeness (QED) is 0.776. The maximum absolute atomic E-state index is 12.2. The molecule has 3 rings (SSSR count). The first-order valence-electron chi connectivity index (χ1n) is 6.74. The van der Waals surface area contributed by atoms with Crippen molar-refractivity contribution in [3.8, 4) is 11.5 Å². The summed E-state index contributed by atoms with van der Waals surface area (Å²) in [5.74, 6) is 0.607. The Morgan fingerprint density at radius 3 is 2.86 bits per heavy atom. The van der Waals surface area contributed by atoms with E-state index in [2.05, 4.69) is 26.3 Å². The van der Waals surface area contributed by atoms with Crippen LogP contribution in [0.5, 0.6) is 0 Å². The minimum Gasteiger partial charge on any atom is -0.463 e. The molecule has 0 aliphatic heterocycles. The predicted molar refractivity (Wildman–Crippen MR) is 86.2 cm³/mol. The molecule has 1 N–H and O–H groups in total. The van der Waals surface area contributed by atoms with Gasteiger partial charge >= 0.3 is 0 Å². The van der Waals surface area contributed by atoms with E-state index in [9.17, 15) is 4.79 Å². The van der Waals surface area contributed by atoms with Crippen molar-refractivity contribution >= 4 is 21.8 Å². The molecule has 6 heteroatoms. The lowest BCUT2D eigenvalue weighted by atomic mass is 10.2. The molecular weight excluding hydrogens is 346 g/mol. The van der Waals surface area contributed by atoms with E-state index in [0.717, 1.165) is 21.6 Å². The normalized spacial score (nSPS) is 10.6. The first-order chi connectivity index (χ1) is 10.6. The van der Waals surface area contributed by atoms with Crippen LogP contribution < -0.4 is 5.32 Å². The number of carbonyl (C=O) groups excluding carboxylic acids is 1. The molecule has 0 fully saturated rings. The third-order valence-corrected chi connectivity index (χ3v) is 3.94. The lowest BCUT2D eigenvalue weighted by Gasteiger charge is -2.04. The molecule has 0 aliphatic rings. The minimum atomic E-state index is -0.141. The van der Waals surface area contributed by atoms with Crippen molar-refractivity contribution in [1.29, 1.82) is 0 Å². The molecule has 0 atom stereocenters. The number of rotatable bonds is 4. The summed E-state index contributed by atoms with van der Waals surface area (Å²) in [5, 5.41) is 7.25. The van der Waals surface area contributed by atoms with E-state index in [-0.39, 0.29) is 5.91 Å². The van der Waals surface area contributed by atoms with Crippen molar-refractivity contribution < 1.29 is 9.21 Å². The first-order valence-corrected chi connectivity index (χ1v) is 7.54. The summed E-state index contributed by atoms with van der Waals surface area (Å²) >= 11 is 3.37. The van der Waals surface area contributed by atoms with Gasteiger partial charge in [-0.1, -0.05) is 12.1 Å². The van der Waals surface area contributed by atoms with Gasteiger partial charge in [0.2, 0.25) is 0 Å². The number of amides is 1.